The number of hydrogen-bond acceptors (Lipinski definition) is 6. The number of aromatic nitrogens is 4. The van der Waals surface area contributed by atoms with Crippen molar-refractivity contribution in [2.45, 2.75) is 0 Å². The molecule has 0 bridgehead atoms. The predicted molar refractivity (Wildman–Crippen MR) is 60.6 cm³/mol. The van der Waals surface area contributed by atoms with E-state index >= 15 is 0 Å². The quantitative estimate of drug-likeness (QED) is 0.627. The standard InChI is InChI=1S/C9H15N7O2/c1-10-7(17)6-15-2-4-16(5-3-15)9(18)8-11-13-14-12-8/h2-6H2,1H3,(H,10,17)(H,11,12,13,14). The van der Waals surface area contributed by atoms with Crippen LogP contribution in [-0.2, 0) is 4.79 Å². The van der Waals surface area contributed by atoms with Crippen molar-refractivity contribution in [2.24, 2.45) is 0 Å². The van der Waals surface area contributed by atoms with Gasteiger partial charge in [0.1, 0.15) is 0 Å². The van der Waals surface area contributed by atoms with Crippen LogP contribution in [0.1, 0.15) is 10.6 Å². The van der Waals surface area contributed by atoms with Gasteiger partial charge >= 0.3 is 0 Å². The summed E-state index contributed by atoms with van der Waals surface area (Å²) in [5, 5.41) is 15.5. The summed E-state index contributed by atoms with van der Waals surface area (Å²) in [5.41, 5.74) is 0. The van der Waals surface area contributed by atoms with E-state index in [-0.39, 0.29) is 17.6 Å². The van der Waals surface area contributed by atoms with Gasteiger partial charge < -0.3 is 10.2 Å². The molecule has 2 heterocycles. The second-order valence-electron chi connectivity index (χ2n) is 3.98. The number of hydrogen-bond donors (Lipinski definition) is 2. The number of tetrazole rings is 1. The number of carbonyl (C=O) groups is 2. The van der Waals surface area contributed by atoms with Crippen molar-refractivity contribution in [1.29, 1.82) is 0 Å². The van der Waals surface area contributed by atoms with E-state index in [0.717, 1.165) is 0 Å². The van der Waals surface area contributed by atoms with Crippen LogP contribution in [0.4, 0.5) is 0 Å². The first-order chi connectivity index (χ1) is 8.70. The van der Waals surface area contributed by atoms with E-state index in [4.69, 9.17) is 0 Å². The molecule has 2 rings (SSSR count). The molecule has 0 spiro atoms. The maximum absolute atomic E-state index is 11.9. The first-order valence-electron chi connectivity index (χ1n) is 5.66. The van der Waals surface area contributed by atoms with Crippen LogP contribution in [0.3, 0.4) is 0 Å². The number of piperazine rings is 1. The summed E-state index contributed by atoms with van der Waals surface area (Å²) >= 11 is 0. The molecule has 1 saturated heterocycles. The van der Waals surface area contributed by atoms with Gasteiger partial charge in [0.15, 0.2) is 0 Å². The van der Waals surface area contributed by atoms with Crippen LogP contribution in [0.5, 0.6) is 0 Å². The van der Waals surface area contributed by atoms with Crippen LogP contribution in [0.15, 0.2) is 0 Å². The highest BCUT2D eigenvalue weighted by Crippen LogP contribution is 2.04. The second-order valence-corrected chi connectivity index (χ2v) is 3.98. The van der Waals surface area contributed by atoms with Crippen molar-refractivity contribution in [1.82, 2.24) is 35.7 Å². The van der Waals surface area contributed by atoms with Crippen LogP contribution in [0.25, 0.3) is 0 Å². The lowest BCUT2D eigenvalue weighted by Gasteiger charge is -2.33. The van der Waals surface area contributed by atoms with Gasteiger partial charge in [0.2, 0.25) is 5.91 Å². The van der Waals surface area contributed by atoms with Crippen LogP contribution >= 0.6 is 0 Å². The molecule has 0 radical (unpaired) electrons. The highest BCUT2D eigenvalue weighted by atomic mass is 16.2. The van der Waals surface area contributed by atoms with E-state index in [1.807, 2.05) is 4.90 Å². The first kappa shape index (κ1) is 12.4. The highest BCUT2D eigenvalue weighted by molar-refractivity contribution is 5.90. The van der Waals surface area contributed by atoms with Crippen molar-refractivity contribution < 1.29 is 9.59 Å². The summed E-state index contributed by atoms with van der Waals surface area (Å²) in [4.78, 5) is 26.8. The molecule has 9 nitrogen and oxygen atoms in total. The Kier molecular flexibility index (Phi) is 3.82. The van der Waals surface area contributed by atoms with Gasteiger partial charge in [0.25, 0.3) is 11.7 Å². The average molecular weight is 253 g/mol. The smallest absolute Gasteiger partial charge is 0.295 e. The highest BCUT2D eigenvalue weighted by Gasteiger charge is 2.25. The lowest BCUT2D eigenvalue weighted by Crippen LogP contribution is -2.51. The number of aromatic amines is 1. The molecule has 0 unspecified atom stereocenters. The number of likely N-dealkylation sites (N-methyl/N-ethyl adjacent to an activating group) is 1. The number of rotatable bonds is 3. The molecule has 18 heavy (non-hydrogen) atoms. The van der Waals surface area contributed by atoms with Crippen LogP contribution in [0, 0.1) is 0 Å². The Morgan fingerprint density at radius 3 is 2.61 bits per heavy atom. The third-order valence-electron chi connectivity index (χ3n) is 2.84. The maximum atomic E-state index is 11.9. The number of amides is 2. The largest absolute Gasteiger partial charge is 0.358 e. The summed E-state index contributed by atoms with van der Waals surface area (Å²) in [6.07, 6.45) is 0. The Morgan fingerprint density at radius 2 is 2.06 bits per heavy atom. The molecule has 0 atom stereocenters. The SMILES string of the molecule is CNC(=O)CN1CCN(C(=O)c2nn[nH]n2)CC1. The van der Waals surface area contributed by atoms with E-state index in [1.54, 1.807) is 11.9 Å². The van der Waals surface area contributed by atoms with Gasteiger partial charge in [-0.1, -0.05) is 0 Å². The summed E-state index contributed by atoms with van der Waals surface area (Å²) < 4.78 is 0. The fourth-order valence-electron chi connectivity index (χ4n) is 1.79. The van der Waals surface area contributed by atoms with E-state index in [2.05, 4.69) is 25.9 Å². The molecule has 0 aliphatic carbocycles. The average Bonchev–Trinajstić information content (AvgIpc) is 2.92. The summed E-state index contributed by atoms with van der Waals surface area (Å²) in [6.45, 7) is 2.81. The minimum Gasteiger partial charge on any atom is -0.358 e. The van der Waals surface area contributed by atoms with Crippen molar-refractivity contribution in [2.75, 3.05) is 39.8 Å². The lowest BCUT2D eigenvalue weighted by molar-refractivity contribution is -0.122. The van der Waals surface area contributed by atoms with E-state index in [9.17, 15) is 9.59 Å². The Hall–Kier alpha value is -2.03. The zero-order valence-corrected chi connectivity index (χ0v) is 10.1. The fraction of sp³-hybridized carbons (Fsp3) is 0.667. The monoisotopic (exact) mass is 253 g/mol. The van der Waals surface area contributed by atoms with Gasteiger partial charge in [-0.05, 0) is 5.21 Å². The Morgan fingerprint density at radius 1 is 1.33 bits per heavy atom. The van der Waals surface area contributed by atoms with Crippen molar-refractivity contribution in [3.63, 3.8) is 0 Å². The fourth-order valence-corrected chi connectivity index (χ4v) is 1.79. The van der Waals surface area contributed by atoms with Gasteiger partial charge in [-0.15, -0.1) is 10.2 Å². The van der Waals surface area contributed by atoms with E-state index in [1.165, 1.54) is 0 Å². The topological polar surface area (TPSA) is 107 Å². The maximum Gasteiger partial charge on any atom is 0.295 e. The number of nitrogens with zero attached hydrogens (tertiary/aromatic N) is 5. The van der Waals surface area contributed by atoms with Crippen molar-refractivity contribution in [3.8, 4) is 0 Å². The molecule has 1 fully saturated rings. The van der Waals surface area contributed by atoms with E-state index < -0.39 is 0 Å². The van der Waals surface area contributed by atoms with Gasteiger partial charge in [-0.2, -0.15) is 5.21 Å². The minimum atomic E-state index is -0.233. The third kappa shape index (κ3) is 2.80. The van der Waals surface area contributed by atoms with Gasteiger partial charge in [0.05, 0.1) is 6.54 Å². The zero-order chi connectivity index (χ0) is 13.0. The lowest BCUT2D eigenvalue weighted by atomic mass is 10.3. The minimum absolute atomic E-state index is 0.0204. The summed E-state index contributed by atoms with van der Waals surface area (Å²) in [7, 11) is 1.61. The van der Waals surface area contributed by atoms with Crippen LogP contribution in [0.2, 0.25) is 0 Å². The first-order valence-corrected chi connectivity index (χ1v) is 5.66. The third-order valence-corrected chi connectivity index (χ3v) is 2.84. The molecular formula is C9H15N7O2. The molecule has 1 aliphatic heterocycles. The number of H-pyrrole nitrogens is 1. The molecule has 9 heteroatoms. The van der Waals surface area contributed by atoms with E-state index in [0.29, 0.717) is 32.7 Å². The Labute approximate surface area is 104 Å². The Bertz CT molecular complexity index is 411. The van der Waals surface area contributed by atoms with Crippen LogP contribution in [-0.4, -0.2) is 82.0 Å². The van der Waals surface area contributed by atoms with Gasteiger partial charge in [-0.3, -0.25) is 14.5 Å². The number of carbonyl (C=O) groups excluding carboxylic acids is 2. The van der Waals surface area contributed by atoms with Crippen molar-refractivity contribution >= 4 is 11.8 Å². The number of nitrogens with one attached hydrogen (secondary N) is 2. The molecule has 2 amide bonds. The molecule has 2 N–H and O–H groups in total. The molecule has 98 valence electrons. The van der Waals surface area contributed by atoms with Crippen molar-refractivity contribution in [3.05, 3.63) is 5.82 Å². The molecule has 0 aromatic carbocycles. The molecule has 1 aromatic rings. The second kappa shape index (κ2) is 5.54. The molecule has 1 aliphatic rings. The normalized spacial score (nSPS) is 16.6. The molecule has 0 saturated carbocycles. The Balaban J connectivity index is 1.83. The predicted octanol–water partition coefficient (Wildman–Crippen LogP) is -2.30. The summed E-state index contributed by atoms with van der Waals surface area (Å²) in [5.74, 6) is -0.175. The summed E-state index contributed by atoms with van der Waals surface area (Å²) in [6, 6.07) is 0. The van der Waals surface area contributed by atoms with Gasteiger partial charge in [-0.25, -0.2) is 0 Å². The molecular weight excluding hydrogens is 238 g/mol. The zero-order valence-electron chi connectivity index (χ0n) is 10.1. The van der Waals surface area contributed by atoms with Gasteiger partial charge in [0, 0.05) is 33.2 Å². The van der Waals surface area contributed by atoms with Crippen LogP contribution < -0.4 is 5.32 Å². The molecule has 1 aromatic heterocycles.